The standard InChI is InChI=1S/C22H27N3O3S2/c1-16(14-17-6-2-3-7-17)23-15-18-8-4-5-9-19(18)25-30(26,27)22-11-10-21(29-22)20-12-13-24-28-20/h4-5,8-13,16-17,23,25H,2-3,6-7,14-15H2,1H3/t16-/m0/s1. The van der Waals surface area contributed by atoms with Crippen molar-refractivity contribution < 1.29 is 12.9 Å². The summed E-state index contributed by atoms with van der Waals surface area (Å²) in [4.78, 5) is 0.726. The first kappa shape index (κ1) is 21.1. The summed E-state index contributed by atoms with van der Waals surface area (Å²) in [6, 6.07) is 13.0. The number of rotatable bonds is 9. The van der Waals surface area contributed by atoms with E-state index in [1.165, 1.54) is 32.1 Å². The van der Waals surface area contributed by atoms with E-state index in [4.69, 9.17) is 4.52 Å². The molecule has 1 fully saturated rings. The van der Waals surface area contributed by atoms with Gasteiger partial charge in [0.15, 0.2) is 5.76 Å². The van der Waals surface area contributed by atoms with Crippen molar-refractivity contribution in [3.05, 3.63) is 54.2 Å². The van der Waals surface area contributed by atoms with Gasteiger partial charge in [-0.1, -0.05) is 49.0 Å². The Morgan fingerprint density at radius 2 is 1.97 bits per heavy atom. The minimum Gasteiger partial charge on any atom is -0.355 e. The maximum absolute atomic E-state index is 12.9. The Morgan fingerprint density at radius 1 is 1.17 bits per heavy atom. The van der Waals surface area contributed by atoms with Crippen LogP contribution in [0.1, 0.15) is 44.6 Å². The summed E-state index contributed by atoms with van der Waals surface area (Å²) in [5, 5.41) is 7.24. The Balaban J connectivity index is 1.43. The van der Waals surface area contributed by atoms with Gasteiger partial charge >= 0.3 is 0 Å². The zero-order valence-corrected chi connectivity index (χ0v) is 18.6. The van der Waals surface area contributed by atoms with Crippen LogP contribution in [0.15, 0.2) is 57.4 Å². The van der Waals surface area contributed by atoms with Crippen LogP contribution in [0.25, 0.3) is 10.6 Å². The molecule has 0 saturated heterocycles. The van der Waals surface area contributed by atoms with Gasteiger partial charge in [-0.2, -0.15) is 0 Å². The Morgan fingerprint density at radius 3 is 2.73 bits per heavy atom. The molecule has 1 aromatic carbocycles. The summed E-state index contributed by atoms with van der Waals surface area (Å²) in [6.45, 7) is 2.84. The van der Waals surface area contributed by atoms with E-state index in [1.54, 1.807) is 30.5 Å². The van der Waals surface area contributed by atoms with E-state index in [0.29, 0.717) is 24.0 Å². The van der Waals surface area contributed by atoms with Crippen LogP contribution in [0.2, 0.25) is 0 Å². The van der Waals surface area contributed by atoms with Crippen LogP contribution in [-0.2, 0) is 16.6 Å². The molecule has 30 heavy (non-hydrogen) atoms. The van der Waals surface area contributed by atoms with Crippen LogP contribution in [0.5, 0.6) is 0 Å². The second kappa shape index (κ2) is 9.32. The van der Waals surface area contributed by atoms with E-state index < -0.39 is 10.0 Å². The fourth-order valence-corrected chi connectivity index (χ4v) is 6.39. The SMILES string of the molecule is C[C@@H](CC1CCCC1)NCc1ccccc1NS(=O)(=O)c1ccc(-c2ccno2)s1. The third-order valence-corrected chi connectivity index (χ3v) is 8.55. The van der Waals surface area contributed by atoms with Crippen LogP contribution in [0.3, 0.4) is 0 Å². The summed E-state index contributed by atoms with van der Waals surface area (Å²) in [7, 11) is -3.68. The fourth-order valence-electron chi connectivity index (χ4n) is 4.02. The summed E-state index contributed by atoms with van der Waals surface area (Å²) >= 11 is 1.16. The molecule has 0 unspecified atom stereocenters. The molecule has 6 nitrogen and oxygen atoms in total. The van der Waals surface area contributed by atoms with Crippen LogP contribution < -0.4 is 10.0 Å². The summed E-state index contributed by atoms with van der Waals surface area (Å²) in [5.41, 5.74) is 1.54. The van der Waals surface area contributed by atoms with Crippen molar-refractivity contribution in [3.63, 3.8) is 0 Å². The smallest absolute Gasteiger partial charge is 0.271 e. The van der Waals surface area contributed by atoms with Crippen LogP contribution >= 0.6 is 11.3 Å². The maximum atomic E-state index is 12.9. The molecule has 2 N–H and O–H groups in total. The van der Waals surface area contributed by atoms with Crippen LogP contribution in [-0.4, -0.2) is 19.6 Å². The highest BCUT2D eigenvalue weighted by Crippen LogP contribution is 2.32. The van der Waals surface area contributed by atoms with Gasteiger partial charge in [-0.15, -0.1) is 11.3 Å². The maximum Gasteiger partial charge on any atom is 0.271 e. The molecule has 0 amide bonds. The predicted octanol–water partition coefficient (Wildman–Crippen LogP) is 5.26. The number of thiophene rings is 1. The normalized spacial score (nSPS) is 16.0. The lowest BCUT2D eigenvalue weighted by atomic mass is 9.99. The Labute approximate surface area is 181 Å². The highest BCUT2D eigenvalue weighted by Gasteiger charge is 2.21. The fraction of sp³-hybridized carbons (Fsp3) is 0.409. The van der Waals surface area contributed by atoms with Crippen molar-refractivity contribution in [2.75, 3.05) is 4.72 Å². The minimum atomic E-state index is -3.68. The predicted molar refractivity (Wildman–Crippen MR) is 120 cm³/mol. The number of aromatic nitrogens is 1. The number of hydrogen-bond donors (Lipinski definition) is 2. The molecule has 1 saturated carbocycles. The molecule has 2 aromatic heterocycles. The largest absolute Gasteiger partial charge is 0.355 e. The van der Waals surface area contributed by atoms with Gasteiger partial charge < -0.3 is 9.84 Å². The van der Waals surface area contributed by atoms with E-state index in [-0.39, 0.29) is 4.21 Å². The second-order valence-corrected chi connectivity index (χ2v) is 10.9. The van der Waals surface area contributed by atoms with Gasteiger partial charge in [-0.05, 0) is 43.0 Å². The van der Waals surface area contributed by atoms with Gasteiger partial charge in [0.2, 0.25) is 0 Å². The topological polar surface area (TPSA) is 84.2 Å². The lowest BCUT2D eigenvalue weighted by Crippen LogP contribution is -2.28. The highest BCUT2D eigenvalue weighted by atomic mass is 32.2. The lowest BCUT2D eigenvalue weighted by molar-refractivity contribution is 0.404. The van der Waals surface area contributed by atoms with E-state index in [9.17, 15) is 8.42 Å². The van der Waals surface area contributed by atoms with Crippen LogP contribution in [0.4, 0.5) is 5.69 Å². The zero-order chi connectivity index (χ0) is 21.0. The number of sulfonamides is 1. The molecule has 0 bridgehead atoms. The van der Waals surface area contributed by atoms with Crippen molar-refractivity contribution >= 4 is 27.0 Å². The zero-order valence-electron chi connectivity index (χ0n) is 17.0. The first-order chi connectivity index (χ1) is 14.5. The molecule has 4 rings (SSSR count). The molecular formula is C22H27N3O3S2. The first-order valence-electron chi connectivity index (χ1n) is 10.4. The van der Waals surface area contributed by atoms with Gasteiger partial charge in [-0.3, -0.25) is 4.72 Å². The average Bonchev–Trinajstić information content (AvgIpc) is 3.48. The first-order valence-corrected chi connectivity index (χ1v) is 12.7. The molecule has 1 atom stereocenters. The molecule has 8 heteroatoms. The van der Waals surface area contributed by atoms with Crippen molar-refractivity contribution in [1.82, 2.24) is 10.5 Å². The number of nitrogens with zero attached hydrogens (tertiary/aromatic N) is 1. The highest BCUT2D eigenvalue weighted by molar-refractivity contribution is 7.94. The molecule has 2 heterocycles. The summed E-state index contributed by atoms with van der Waals surface area (Å²) < 4.78 is 34.0. The summed E-state index contributed by atoms with van der Waals surface area (Å²) in [5.74, 6) is 1.38. The van der Waals surface area contributed by atoms with Gasteiger partial charge in [-0.25, -0.2) is 8.42 Å². The second-order valence-electron chi connectivity index (χ2n) is 7.93. The van der Waals surface area contributed by atoms with E-state index in [1.807, 2.05) is 18.2 Å². The molecule has 0 spiro atoms. The molecule has 160 valence electrons. The Bertz CT molecular complexity index is 1060. The number of para-hydroxylation sites is 1. The Kier molecular flexibility index (Phi) is 6.55. The van der Waals surface area contributed by atoms with E-state index >= 15 is 0 Å². The van der Waals surface area contributed by atoms with E-state index in [2.05, 4.69) is 22.1 Å². The van der Waals surface area contributed by atoms with E-state index in [0.717, 1.165) is 27.7 Å². The van der Waals surface area contributed by atoms with Gasteiger partial charge in [0.05, 0.1) is 16.8 Å². The number of benzene rings is 1. The molecule has 1 aliphatic rings. The number of hydrogen-bond acceptors (Lipinski definition) is 6. The van der Waals surface area contributed by atoms with Crippen molar-refractivity contribution in [3.8, 4) is 10.6 Å². The third kappa shape index (κ3) is 5.11. The molecule has 0 aliphatic heterocycles. The van der Waals surface area contributed by atoms with Gasteiger partial charge in [0.25, 0.3) is 10.0 Å². The van der Waals surface area contributed by atoms with Crippen molar-refractivity contribution in [2.24, 2.45) is 5.92 Å². The molecule has 1 aliphatic carbocycles. The molecule has 3 aromatic rings. The van der Waals surface area contributed by atoms with Crippen molar-refractivity contribution in [2.45, 2.75) is 55.8 Å². The Hall–Kier alpha value is -2.16. The minimum absolute atomic E-state index is 0.242. The average molecular weight is 446 g/mol. The quantitative estimate of drug-likeness (QED) is 0.469. The monoisotopic (exact) mass is 445 g/mol. The third-order valence-electron chi connectivity index (χ3n) is 5.59. The molecular weight excluding hydrogens is 418 g/mol. The summed E-state index contributed by atoms with van der Waals surface area (Å²) in [6.07, 6.45) is 8.08. The molecule has 0 radical (unpaired) electrons. The van der Waals surface area contributed by atoms with Gasteiger partial charge in [0.1, 0.15) is 4.21 Å². The van der Waals surface area contributed by atoms with Gasteiger partial charge in [0, 0.05) is 18.7 Å². The van der Waals surface area contributed by atoms with Crippen molar-refractivity contribution in [1.29, 1.82) is 0 Å². The number of nitrogens with one attached hydrogen (secondary N) is 2. The van der Waals surface area contributed by atoms with Crippen LogP contribution in [0, 0.1) is 5.92 Å². The number of anilines is 1. The lowest BCUT2D eigenvalue weighted by Gasteiger charge is -2.19.